The van der Waals surface area contributed by atoms with Crippen molar-refractivity contribution in [1.29, 1.82) is 0 Å². The van der Waals surface area contributed by atoms with E-state index in [0.717, 1.165) is 34.3 Å². The van der Waals surface area contributed by atoms with Crippen molar-refractivity contribution in [2.24, 2.45) is 5.92 Å². The first kappa shape index (κ1) is 17.0. The van der Waals surface area contributed by atoms with E-state index in [1.165, 1.54) is 0 Å². The monoisotopic (exact) mass is 367 g/mol. The Kier molecular flexibility index (Phi) is 4.86. The normalized spacial score (nSPS) is 16.6. The lowest BCUT2D eigenvalue weighted by molar-refractivity contribution is 0.0708. The topological polar surface area (TPSA) is 65.5 Å². The quantitative estimate of drug-likeness (QED) is 0.726. The third kappa shape index (κ3) is 3.57. The first-order valence-corrected chi connectivity index (χ1v) is 9.71. The summed E-state index contributed by atoms with van der Waals surface area (Å²) in [5.41, 5.74) is 1.62. The van der Waals surface area contributed by atoms with E-state index in [0.29, 0.717) is 13.1 Å². The number of thiophene rings is 1. The lowest BCUT2D eigenvalue weighted by Gasteiger charge is -2.34. The molecule has 2 aromatic heterocycles. The van der Waals surface area contributed by atoms with Gasteiger partial charge in [0.05, 0.1) is 11.6 Å². The Balaban J connectivity index is 1.35. The number of carbonyl (C=O) groups is 1. The summed E-state index contributed by atoms with van der Waals surface area (Å²) in [5.74, 6) is 0.211. The van der Waals surface area contributed by atoms with Crippen molar-refractivity contribution in [3.8, 4) is 0 Å². The van der Waals surface area contributed by atoms with E-state index in [-0.39, 0.29) is 11.9 Å². The fourth-order valence-corrected chi connectivity index (χ4v) is 4.26. The average molecular weight is 367 g/mol. The largest absolute Gasteiger partial charge is 0.387 e. The number of piperidine rings is 1. The number of urea groups is 1. The number of anilines is 1. The van der Waals surface area contributed by atoms with Gasteiger partial charge >= 0.3 is 6.03 Å². The molecule has 3 heterocycles. The predicted octanol–water partition coefficient (Wildman–Crippen LogP) is 4.27. The van der Waals surface area contributed by atoms with Gasteiger partial charge in [-0.25, -0.2) is 4.79 Å². The Hall–Kier alpha value is -2.44. The highest BCUT2D eigenvalue weighted by molar-refractivity contribution is 7.10. The van der Waals surface area contributed by atoms with Crippen molar-refractivity contribution in [1.82, 2.24) is 9.88 Å². The van der Waals surface area contributed by atoms with E-state index in [1.54, 1.807) is 17.5 Å². The molecule has 2 N–H and O–H groups in total. The number of rotatable bonds is 3. The van der Waals surface area contributed by atoms with Crippen LogP contribution >= 0.6 is 11.3 Å². The Labute approximate surface area is 156 Å². The first-order chi connectivity index (χ1) is 12.7. The number of nitrogens with one attached hydrogen (secondary N) is 1. The summed E-state index contributed by atoms with van der Waals surface area (Å²) in [6.07, 6.45) is 2.95. The molecule has 134 valence electrons. The summed E-state index contributed by atoms with van der Waals surface area (Å²) in [4.78, 5) is 19.7. The fourth-order valence-electron chi connectivity index (χ4n) is 3.46. The highest BCUT2D eigenvalue weighted by Gasteiger charge is 2.28. The van der Waals surface area contributed by atoms with Gasteiger partial charge in [0.1, 0.15) is 0 Å². The minimum Gasteiger partial charge on any atom is -0.387 e. The van der Waals surface area contributed by atoms with Crippen LogP contribution in [0, 0.1) is 5.92 Å². The van der Waals surface area contributed by atoms with Gasteiger partial charge in [-0.3, -0.25) is 4.98 Å². The number of amides is 2. The molecule has 5 nitrogen and oxygen atoms in total. The minimum atomic E-state index is -0.424. The van der Waals surface area contributed by atoms with Gasteiger partial charge < -0.3 is 15.3 Å². The number of aliphatic hydroxyl groups excluding tert-OH is 1. The Morgan fingerprint density at radius 1 is 1.23 bits per heavy atom. The maximum atomic E-state index is 12.5. The second-order valence-corrected chi connectivity index (χ2v) is 7.61. The molecule has 0 spiro atoms. The van der Waals surface area contributed by atoms with Crippen molar-refractivity contribution >= 4 is 34.0 Å². The molecule has 0 radical (unpaired) electrons. The molecule has 0 unspecified atom stereocenters. The van der Waals surface area contributed by atoms with Crippen LogP contribution in [0.3, 0.4) is 0 Å². The molecule has 3 aromatic rings. The molecule has 1 fully saturated rings. The van der Waals surface area contributed by atoms with Gasteiger partial charge in [0, 0.05) is 35.2 Å². The van der Waals surface area contributed by atoms with E-state index >= 15 is 0 Å². The molecule has 1 aromatic carbocycles. The summed E-state index contributed by atoms with van der Waals surface area (Å²) in [7, 11) is 0. The minimum absolute atomic E-state index is 0.0932. The van der Waals surface area contributed by atoms with Crippen LogP contribution < -0.4 is 5.32 Å². The highest BCUT2D eigenvalue weighted by atomic mass is 32.1. The maximum absolute atomic E-state index is 12.5. The van der Waals surface area contributed by atoms with Crippen LogP contribution in [0.25, 0.3) is 10.9 Å². The van der Waals surface area contributed by atoms with Gasteiger partial charge in [-0.2, -0.15) is 0 Å². The van der Waals surface area contributed by atoms with Gasteiger partial charge in [0.15, 0.2) is 0 Å². The van der Waals surface area contributed by atoms with E-state index in [1.807, 2.05) is 52.7 Å². The van der Waals surface area contributed by atoms with Crippen LogP contribution in [0.15, 0.2) is 54.0 Å². The van der Waals surface area contributed by atoms with Crippen molar-refractivity contribution in [2.45, 2.75) is 18.9 Å². The molecule has 1 aliphatic rings. The summed E-state index contributed by atoms with van der Waals surface area (Å²) >= 11 is 1.59. The van der Waals surface area contributed by atoms with Crippen molar-refractivity contribution in [3.05, 3.63) is 58.9 Å². The average Bonchev–Trinajstić information content (AvgIpc) is 3.22. The van der Waals surface area contributed by atoms with Crippen molar-refractivity contribution in [3.63, 3.8) is 0 Å². The summed E-state index contributed by atoms with van der Waals surface area (Å²) in [6.45, 7) is 1.32. The number of fused-ring (bicyclic) bond motifs is 1. The van der Waals surface area contributed by atoms with Crippen molar-refractivity contribution < 1.29 is 9.90 Å². The predicted molar refractivity (Wildman–Crippen MR) is 104 cm³/mol. The van der Waals surface area contributed by atoms with E-state index < -0.39 is 6.10 Å². The molecule has 0 saturated carbocycles. The molecule has 1 atom stereocenters. The standard InChI is InChI=1S/C20H21N3O2S/c24-19(18-4-2-12-26-18)15-7-10-23(11-8-15)20(25)22-16-6-5-14-3-1-9-21-17(14)13-16/h1-6,9,12-13,15,19,24H,7-8,10-11H2,(H,22,25)/t19-/m0/s1. The van der Waals surface area contributed by atoms with Gasteiger partial charge in [-0.15, -0.1) is 11.3 Å². The lowest BCUT2D eigenvalue weighted by Crippen LogP contribution is -2.42. The van der Waals surface area contributed by atoms with Gasteiger partial charge in [0.2, 0.25) is 0 Å². The number of hydrogen-bond acceptors (Lipinski definition) is 4. The van der Waals surface area contributed by atoms with Crippen molar-refractivity contribution in [2.75, 3.05) is 18.4 Å². The molecule has 0 bridgehead atoms. The number of nitrogens with zero attached hydrogens (tertiary/aromatic N) is 2. The highest BCUT2D eigenvalue weighted by Crippen LogP contribution is 2.33. The SMILES string of the molecule is O=C(Nc1ccc2cccnc2c1)N1CCC([C@H](O)c2cccs2)CC1. The molecule has 2 amide bonds. The zero-order valence-corrected chi connectivity index (χ0v) is 15.2. The first-order valence-electron chi connectivity index (χ1n) is 8.83. The third-order valence-corrected chi connectivity index (χ3v) is 5.91. The van der Waals surface area contributed by atoms with E-state index in [9.17, 15) is 9.90 Å². The van der Waals surface area contributed by atoms with Gasteiger partial charge in [0.25, 0.3) is 0 Å². The smallest absolute Gasteiger partial charge is 0.321 e. The Morgan fingerprint density at radius 2 is 2.08 bits per heavy atom. The van der Waals surface area contributed by atoms with Crippen LogP contribution in [0.5, 0.6) is 0 Å². The van der Waals surface area contributed by atoms with E-state index in [2.05, 4.69) is 10.3 Å². The number of aliphatic hydroxyl groups is 1. The third-order valence-electron chi connectivity index (χ3n) is 4.97. The lowest BCUT2D eigenvalue weighted by atomic mass is 9.90. The maximum Gasteiger partial charge on any atom is 0.321 e. The molecule has 0 aliphatic carbocycles. The number of aromatic nitrogens is 1. The molecular formula is C20H21N3O2S. The van der Waals surface area contributed by atoms with Crippen LogP contribution in [0.4, 0.5) is 10.5 Å². The molecule has 1 aliphatic heterocycles. The van der Waals surface area contributed by atoms with Gasteiger partial charge in [-0.1, -0.05) is 18.2 Å². The summed E-state index contributed by atoms with van der Waals surface area (Å²) < 4.78 is 0. The molecule has 1 saturated heterocycles. The van der Waals surface area contributed by atoms with Crippen LogP contribution in [0.1, 0.15) is 23.8 Å². The molecule has 4 rings (SSSR count). The summed E-state index contributed by atoms with van der Waals surface area (Å²) in [6, 6.07) is 13.5. The van der Waals surface area contributed by atoms with Crippen LogP contribution in [-0.2, 0) is 0 Å². The summed E-state index contributed by atoms with van der Waals surface area (Å²) in [5, 5.41) is 16.5. The molecule has 26 heavy (non-hydrogen) atoms. The van der Waals surface area contributed by atoms with E-state index in [4.69, 9.17) is 0 Å². The second kappa shape index (κ2) is 7.43. The van der Waals surface area contributed by atoms with Crippen LogP contribution in [-0.4, -0.2) is 34.1 Å². The number of benzene rings is 1. The Bertz CT molecular complexity index is 889. The number of likely N-dealkylation sites (tertiary alicyclic amines) is 1. The zero-order chi connectivity index (χ0) is 17.9. The van der Waals surface area contributed by atoms with Crippen LogP contribution in [0.2, 0.25) is 0 Å². The second-order valence-electron chi connectivity index (χ2n) is 6.63. The van der Waals surface area contributed by atoms with Gasteiger partial charge in [-0.05, 0) is 48.4 Å². The Morgan fingerprint density at radius 3 is 2.85 bits per heavy atom. The number of pyridine rings is 1. The zero-order valence-electron chi connectivity index (χ0n) is 14.3. The number of hydrogen-bond donors (Lipinski definition) is 2. The molecule has 6 heteroatoms. The molecular weight excluding hydrogens is 346 g/mol. The fraction of sp³-hybridized carbons (Fsp3) is 0.300. The number of carbonyl (C=O) groups excluding carboxylic acids is 1.